The van der Waals surface area contributed by atoms with Gasteiger partial charge in [0.1, 0.15) is 6.10 Å². The summed E-state index contributed by atoms with van der Waals surface area (Å²) in [7, 11) is -3.42. The summed E-state index contributed by atoms with van der Waals surface area (Å²) in [5, 5.41) is 0. The van der Waals surface area contributed by atoms with Gasteiger partial charge in [0.2, 0.25) is 10.0 Å². The molecule has 1 aromatic rings. The third-order valence-corrected chi connectivity index (χ3v) is 5.40. The lowest BCUT2D eigenvalue weighted by atomic mass is 10.1. The van der Waals surface area contributed by atoms with Crippen LogP contribution >= 0.6 is 0 Å². The van der Waals surface area contributed by atoms with Crippen LogP contribution in [0, 0.1) is 6.92 Å². The first-order chi connectivity index (χ1) is 8.41. The molecule has 98 valence electrons. The van der Waals surface area contributed by atoms with Gasteiger partial charge < -0.3 is 4.74 Å². The molecule has 0 radical (unpaired) electrons. The number of nitrogens with one attached hydrogen (secondary N) is 1. The van der Waals surface area contributed by atoms with E-state index >= 15 is 0 Å². The van der Waals surface area contributed by atoms with Crippen LogP contribution in [0.2, 0.25) is 0 Å². The van der Waals surface area contributed by atoms with Crippen LogP contribution in [0.25, 0.3) is 0 Å². The van der Waals surface area contributed by atoms with E-state index in [1.165, 1.54) is 0 Å². The van der Waals surface area contributed by atoms with E-state index in [4.69, 9.17) is 4.74 Å². The van der Waals surface area contributed by atoms with Crippen molar-refractivity contribution in [2.75, 3.05) is 0 Å². The molecule has 0 aromatic heterocycles. The van der Waals surface area contributed by atoms with Crippen molar-refractivity contribution in [3.63, 3.8) is 0 Å². The lowest BCUT2D eigenvalue weighted by Gasteiger charge is -2.13. The maximum absolute atomic E-state index is 12.2. The van der Waals surface area contributed by atoms with Gasteiger partial charge in [-0.25, -0.2) is 13.1 Å². The smallest absolute Gasteiger partial charge is 0.240 e. The van der Waals surface area contributed by atoms with Gasteiger partial charge in [-0.15, -0.1) is 0 Å². The molecule has 1 saturated heterocycles. The van der Waals surface area contributed by atoms with Gasteiger partial charge in [0.25, 0.3) is 0 Å². The quantitative estimate of drug-likeness (QED) is 0.846. The minimum Gasteiger partial charge on any atom is -0.365 e. The van der Waals surface area contributed by atoms with Crippen LogP contribution in [-0.2, 0) is 14.8 Å². The van der Waals surface area contributed by atoms with Crippen molar-refractivity contribution in [3.05, 3.63) is 29.8 Å². The van der Waals surface area contributed by atoms with Crippen molar-refractivity contribution in [1.29, 1.82) is 0 Å². The number of epoxide rings is 1. The zero-order valence-electron chi connectivity index (χ0n) is 10.5. The molecule has 1 saturated carbocycles. The first kappa shape index (κ1) is 12.1. The third-order valence-electron chi connectivity index (χ3n) is 3.90. The summed E-state index contributed by atoms with van der Waals surface area (Å²) in [6.45, 7) is 3.97. The normalized spacial score (nSPS) is 34.3. The van der Waals surface area contributed by atoms with Gasteiger partial charge in [-0.2, -0.15) is 0 Å². The fraction of sp³-hybridized carbons (Fsp3) is 0.538. The Morgan fingerprint density at radius 2 is 2.00 bits per heavy atom. The second-order valence-corrected chi connectivity index (χ2v) is 7.14. The molecule has 0 bridgehead atoms. The Kier molecular flexibility index (Phi) is 2.56. The highest BCUT2D eigenvalue weighted by atomic mass is 32.2. The van der Waals surface area contributed by atoms with Crippen molar-refractivity contribution < 1.29 is 13.2 Å². The Hall–Kier alpha value is -0.910. The van der Waals surface area contributed by atoms with Crippen LogP contribution in [-0.4, -0.2) is 26.2 Å². The monoisotopic (exact) mass is 267 g/mol. The van der Waals surface area contributed by atoms with E-state index in [2.05, 4.69) is 4.72 Å². The van der Waals surface area contributed by atoms with Crippen molar-refractivity contribution >= 4 is 10.0 Å². The standard InChI is InChI=1S/C13H17NO3S/c1-9-3-5-10(6-4-9)18(15,16)14-11-7-8-13(2)12(11)17-13/h3-6,11-12,14H,7-8H2,1-2H3/t11-,12-,13+/m0/s1. The maximum Gasteiger partial charge on any atom is 0.240 e. The Bertz CT molecular complexity index is 566. The molecule has 3 atom stereocenters. The number of sulfonamides is 1. The zero-order chi connectivity index (χ0) is 13.0. The van der Waals surface area contributed by atoms with Crippen molar-refractivity contribution in [1.82, 2.24) is 4.72 Å². The molecule has 1 aliphatic heterocycles. The van der Waals surface area contributed by atoms with Crippen LogP contribution in [0.1, 0.15) is 25.3 Å². The van der Waals surface area contributed by atoms with Crippen molar-refractivity contribution in [3.8, 4) is 0 Å². The first-order valence-corrected chi connectivity index (χ1v) is 7.66. The fourth-order valence-electron chi connectivity index (χ4n) is 2.66. The summed E-state index contributed by atoms with van der Waals surface area (Å²) in [6, 6.07) is 6.81. The molecule has 2 fully saturated rings. The average molecular weight is 267 g/mol. The van der Waals surface area contributed by atoms with E-state index in [-0.39, 0.29) is 17.7 Å². The summed E-state index contributed by atoms with van der Waals surface area (Å²) in [5.74, 6) is 0. The van der Waals surface area contributed by atoms with Gasteiger partial charge in [-0.05, 0) is 38.8 Å². The van der Waals surface area contributed by atoms with Gasteiger partial charge in [0.05, 0.1) is 16.5 Å². The highest BCUT2D eigenvalue weighted by molar-refractivity contribution is 7.89. The Morgan fingerprint density at radius 3 is 2.50 bits per heavy atom. The minimum absolute atomic E-state index is 0.0534. The van der Waals surface area contributed by atoms with E-state index in [1.54, 1.807) is 24.3 Å². The molecule has 2 aliphatic rings. The summed E-state index contributed by atoms with van der Waals surface area (Å²) in [6.07, 6.45) is 1.84. The molecule has 4 nitrogen and oxygen atoms in total. The van der Waals surface area contributed by atoms with Gasteiger partial charge in [-0.1, -0.05) is 17.7 Å². The number of hydrogen-bond donors (Lipinski definition) is 1. The molecule has 5 heteroatoms. The van der Waals surface area contributed by atoms with Gasteiger partial charge in [-0.3, -0.25) is 0 Å². The molecule has 0 spiro atoms. The number of rotatable bonds is 3. The lowest BCUT2D eigenvalue weighted by molar-refractivity contribution is 0.247. The second kappa shape index (κ2) is 3.79. The maximum atomic E-state index is 12.2. The minimum atomic E-state index is -3.42. The number of fused-ring (bicyclic) bond motifs is 1. The molecule has 18 heavy (non-hydrogen) atoms. The Balaban J connectivity index is 1.77. The van der Waals surface area contributed by atoms with Crippen LogP contribution < -0.4 is 4.72 Å². The Morgan fingerprint density at radius 1 is 1.33 bits per heavy atom. The third kappa shape index (κ3) is 1.96. The van der Waals surface area contributed by atoms with E-state index in [1.807, 2.05) is 13.8 Å². The molecular weight excluding hydrogens is 250 g/mol. The van der Waals surface area contributed by atoms with Crippen molar-refractivity contribution in [2.45, 2.75) is 49.3 Å². The molecule has 1 N–H and O–H groups in total. The van der Waals surface area contributed by atoms with Crippen LogP contribution in [0.15, 0.2) is 29.2 Å². The van der Waals surface area contributed by atoms with E-state index in [0.29, 0.717) is 4.90 Å². The summed E-state index contributed by atoms with van der Waals surface area (Å²) in [4.78, 5) is 0.322. The Labute approximate surface area is 107 Å². The van der Waals surface area contributed by atoms with Gasteiger partial charge >= 0.3 is 0 Å². The molecule has 0 amide bonds. The first-order valence-electron chi connectivity index (χ1n) is 6.18. The number of ether oxygens (including phenoxy) is 1. The predicted molar refractivity (Wildman–Crippen MR) is 67.8 cm³/mol. The number of aryl methyl sites for hydroxylation is 1. The summed E-state index contributed by atoms with van der Waals surface area (Å²) < 4.78 is 32.7. The van der Waals surface area contributed by atoms with Crippen LogP contribution in [0.4, 0.5) is 0 Å². The molecule has 1 heterocycles. The molecular formula is C13H17NO3S. The van der Waals surface area contributed by atoms with E-state index in [0.717, 1.165) is 18.4 Å². The predicted octanol–water partition coefficient (Wildman–Crippen LogP) is 1.59. The van der Waals surface area contributed by atoms with Crippen LogP contribution in [0.3, 0.4) is 0 Å². The zero-order valence-corrected chi connectivity index (χ0v) is 11.3. The molecule has 1 aliphatic carbocycles. The summed E-state index contributed by atoms with van der Waals surface area (Å²) >= 11 is 0. The highest BCUT2D eigenvalue weighted by Crippen LogP contribution is 2.49. The summed E-state index contributed by atoms with van der Waals surface area (Å²) in [5.41, 5.74) is 0.966. The van der Waals surface area contributed by atoms with Crippen LogP contribution in [0.5, 0.6) is 0 Å². The SMILES string of the molecule is Cc1ccc(S(=O)(=O)N[C@H]2CC[C@@]3(C)O[C@@H]23)cc1. The van der Waals surface area contributed by atoms with E-state index < -0.39 is 10.0 Å². The number of hydrogen-bond acceptors (Lipinski definition) is 3. The molecule has 0 unspecified atom stereocenters. The second-order valence-electron chi connectivity index (χ2n) is 5.43. The highest BCUT2D eigenvalue weighted by Gasteiger charge is 2.61. The van der Waals surface area contributed by atoms with Crippen molar-refractivity contribution in [2.24, 2.45) is 0 Å². The fourth-order valence-corrected chi connectivity index (χ4v) is 3.93. The molecule has 3 rings (SSSR count). The average Bonchev–Trinajstić information content (AvgIpc) is 2.89. The largest absolute Gasteiger partial charge is 0.365 e. The lowest BCUT2D eigenvalue weighted by Crippen LogP contribution is -2.37. The van der Waals surface area contributed by atoms with Gasteiger partial charge in [0, 0.05) is 0 Å². The number of benzene rings is 1. The van der Waals surface area contributed by atoms with E-state index in [9.17, 15) is 8.42 Å². The molecule has 1 aromatic carbocycles. The topological polar surface area (TPSA) is 58.7 Å². The van der Waals surface area contributed by atoms with Gasteiger partial charge in [0.15, 0.2) is 0 Å².